The summed E-state index contributed by atoms with van der Waals surface area (Å²) in [7, 11) is 0. The fraction of sp³-hybridized carbons (Fsp3) is 0.667. The molecule has 3 aliphatic rings. The maximum Gasteiger partial charge on any atom is 0.115 e. The van der Waals surface area contributed by atoms with Gasteiger partial charge in [-0.1, -0.05) is 77.8 Å². The van der Waals surface area contributed by atoms with Crippen molar-refractivity contribution in [1.29, 1.82) is 0 Å². The maximum atomic E-state index is 10.6. The molecular formula is C30H46O2. The van der Waals surface area contributed by atoms with Gasteiger partial charge in [0.05, 0.1) is 0 Å². The first-order chi connectivity index (χ1) is 15.3. The minimum absolute atomic E-state index is 0.231. The van der Waals surface area contributed by atoms with Crippen molar-refractivity contribution < 1.29 is 10.2 Å². The summed E-state index contributed by atoms with van der Waals surface area (Å²) < 4.78 is 0. The van der Waals surface area contributed by atoms with Crippen LogP contribution in [0.4, 0.5) is 0 Å². The molecule has 32 heavy (non-hydrogen) atoms. The van der Waals surface area contributed by atoms with Gasteiger partial charge in [-0.25, -0.2) is 0 Å². The first kappa shape index (κ1) is 24.9. The van der Waals surface area contributed by atoms with Crippen LogP contribution in [0, 0.1) is 41.4 Å². The normalized spacial score (nSPS) is 30.3. The maximum absolute atomic E-state index is 10.6. The number of hydrogen-bond donors (Lipinski definition) is 2. The molecule has 3 rings (SSSR count). The van der Waals surface area contributed by atoms with Crippen molar-refractivity contribution in [2.75, 3.05) is 0 Å². The summed E-state index contributed by atoms with van der Waals surface area (Å²) in [5, 5.41) is 20.8. The number of aliphatic hydroxyl groups is 2. The second-order valence-electron chi connectivity index (χ2n) is 10.9. The number of aliphatic hydroxyl groups excluding tert-OH is 2. The summed E-state index contributed by atoms with van der Waals surface area (Å²) in [6, 6.07) is 0. The molecule has 2 heteroatoms. The molecule has 2 fully saturated rings. The van der Waals surface area contributed by atoms with E-state index in [9.17, 15) is 10.2 Å². The molecule has 0 heterocycles. The Morgan fingerprint density at radius 3 is 2.47 bits per heavy atom. The molecule has 0 radical (unpaired) electrons. The van der Waals surface area contributed by atoms with E-state index >= 15 is 0 Å². The Morgan fingerprint density at radius 1 is 1.19 bits per heavy atom. The van der Waals surface area contributed by atoms with Crippen LogP contribution >= 0.6 is 0 Å². The quantitative estimate of drug-likeness (QED) is 0.214. The average molecular weight is 439 g/mol. The van der Waals surface area contributed by atoms with E-state index in [-0.39, 0.29) is 5.76 Å². The molecule has 2 N–H and O–H groups in total. The molecule has 2 nitrogen and oxygen atoms in total. The van der Waals surface area contributed by atoms with Crippen LogP contribution in [0.15, 0.2) is 59.1 Å². The van der Waals surface area contributed by atoms with Gasteiger partial charge in [0.1, 0.15) is 11.5 Å². The van der Waals surface area contributed by atoms with Gasteiger partial charge in [-0.05, 0) is 97.2 Å². The number of fused-ring (bicyclic) bond motifs is 2. The summed E-state index contributed by atoms with van der Waals surface area (Å²) >= 11 is 0. The second kappa shape index (κ2) is 10.9. The third kappa shape index (κ3) is 5.43. The molecule has 0 amide bonds. The Balaban J connectivity index is 2.07. The molecule has 178 valence electrons. The van der Waals surface area contributed by atoms with E-state index in [1.165, 1.54) is 25.7 Å². The van der Waals surface area contributed by atoms with Crippen molar-refractivity contribution in [1.82, 2.24) is 0 Å². The largest absolute Gasteiger partial charge is 0.508 e. The van der Waals surface area contributed by atoms with Gasteiger partial charge < -0.3 is 10.2 Å². The van der Waals surface area contributed by atoms with Crippen molar-refractivity contribution >= 4 is 0 Å². The Morgan fingerprint density at radius 2 is 1.94 bits per heavy atom. The van der Waals surface area contributed by atoms with Crippen molar-refractivity contribution in [2.24, 2.45) is 41.4 Å². The highest BCUT2D eigenvalue weighted by Gasteiger charge is 2.46. The summed E-state index contributed by atoms with van der Waals surface area (Å²) in [6.07, 6.45) is 18.6. The lowest BCUT2D eigenvalue weighted by Crippen LogP contribution is -2.31. The molecule has 0 aromatic carbocycles. The highest BCUT2D eigenvalue weighted by atomic mass is 16.3. The molecule has 0 spiro atoms. The fourth-order valence-corrected chi connectivity index (χ4v) is 6.91. The molecule has 0 aliphatic heterocycles. The van der Waals surface area contributed by atoms with Crippen LogP contribution in [0.25, 0.3) is 0 Å². The van der Waals surface area contributed by atoms with E-state index < -0.39 is 0 Å². The number of allylic oxidation sites excluding steroid dienone is 7. The lowest BCUT2D eigenvalue weighted by atomic mass is 9.65. The molecule has 0 aromatic heterocycles. The van der Waals surface area contributed by atoms with Gasteiger partial charge in [-0.2, -0.15) is 0 Å². The van der Waals surface area contributed by atoms with E-state index in [1.54, 1.807) is 5.57 Å². The van der Waals surface area contributed by atoms with E-state index in [2.05, 4.69) is 59.4 Å². The minimum Gasteiger partial charge on any atom is -0.508 e. The van der Waals surface area contributed by atoms with Gasteiger partial charge >= 0.3 is 0 Å². The van der Waals surface area contributed by atoms with E-state index in [1.807, 2.05) is 6.08 Å². The van der Waals surface area contributed by atoms with Gasteiger partial charge in [0.2, 0.25) is 0 Å². The first-order valence-electron chi connectivity index (χ1n) is 13.2. The monoisotopic (exact) mass is 438 g/mol. The second-order valence-corrected chi connectivity index (χ2v) is 10.9. The molecule has 0 aromatic rings. The van der Waals surface area contributed by atoms with E-state index in [0.717, 1.165) is 54.6 Å². The molecule has 2 saturated carbocycles. The lowest BCUT2D eigenvalue weighted by Gasteiger charge is -2.39. The lowest BCUT2D eigenvalue weighted by molar-refractivity contribution is 0.198. The standard InChI is InChI=1S/C30H46O2/c1-7-10-25(18-23(8-2)21(6)31)30(28-17-22-13-14-24(28)16-22)26-11-9-12-29(32)27(19(3)4)15-20(26)5/h11-12,15,18-20,22,24-25,28,30-32H,6-10,13-14,16-17H2,1-5H3/b23-18-,26-11?,27-15?,29-12?. The Hall–Kier alpha value is -1.70. The Bertz CT molecular complexity index is 794. The molecule has 3 aliphatic carbocycles. The summed E-state index contributed by atoms with van der Waals surface area (Å²) in [5.41, 5.74) is 3.64. The zero-order chi connectivity index (χ0) is 23.4. The fourth-order valence-electron chi connectivity index (χ4n) is 6.91. The van der Waals surface area contributed by atoms with Crippen molar-refractivity contribution in [3.63, 3.8) is 0 Å². The molecule has 2 bridgehead atoms. The van der Waals surface area contributed by atoms with Crippen LogP contribution in [0.5, 0.6) is 0 Å². The predicted molar refractivity (Wildman–Crippen MR) is 136 cm³/mol. The van der Waals surface area contributed by atoms with Gasteiger partial charge in [0.15, 0.2) is 0 Å². The van der Waals surface area contributed by atoms with Gasteiger partial charge in [-0.15, -0.1) is 0 Å². The molecule has 6 atom stereocenters. The van der Waals surface area contributed by atoms with Gasteiger partial charge in [0, 0.05) is 0 Å². The molecule has 0 saturated heterocycles. The van der Waals surface area contributed by atoms with E-state index in [0.29, 0.717) is 29.4 Å². The van der Waals surface area contributed by atoms with Crippen LogP contribution in [0.3, 0.4) is 0 Å². The first-order valence-corrected chi connectivity index (χ1v) is 13.2. The summed E-state index contributed by atoms with van der Waals surface area (Å²) in [6.45, 7) is 14.9. The Labute approximate surface area is 196 Å². The van der Waals surface area contributed by atoms with Crippen LogP contribution < -0.4 is 0 Å². The van der Waals surface area contributed by atoms with Crippen LogP contribution in [0.2, 0.25) is 0 Å². The highest BCUT2D eigenvalue weighted by molar-refractivity contribution is 5.34. The zero-order valence-corrected chi connectivity index (χ0v) is 21.1. The van der Waals surface area contributed by atoms with Gasteiger partial charge in [0.25, 0.3) is 0 Å². The number of rotatable bonds is 9. The number of hydrogen-bond acceptors (Lipinski definition) is 2. The average Bonchev–Trinajstić information content (AvgIpc) is 3.36. The van der Waals surface area contributed by atoms with Crippen molar-refractivity contribution in [2.45, 2.75) is 86.0 Å². The van der Waals surface area contributed by atoms with Crippen molar-refractivity contribution in [3.8, 4) is 0 Å². The smallest absolute Gasteiger partial charge is 0.115 e. The molecular weight excluding hydrogens is 392 g/mol. The Kier molecular flexibility index (Phi) is 8.53. The highest BCUT2D eigenvalue weighted by Crippen LogP contribution is 2.55. The third-order valence-electron chi connectivity index (χ3n) is 8.43. The summed E-state index contributed by atoms with van der Waals surface area (Å²) in [4.78, 5) is 0. The minimum atomic E-state index is 0.231. The van der Waals surface area contributed by atoms with Crippen molar-refractivity contribution in [3.05, 3.63) is 59.1 Å². The summed E-state index contributed by atoms with van der Waals surface area (Å²) in [5.74, 6) is 4.71. The molecule has 6 unspecified atom stereocenters. The van der Waals surface area contributed by atoms with Crippen LogP contribution in [0.1, 0.15) is 86.0 Å². The predicted octanol–water partition coefficient (Wildman–Crippen LogP) is 8.85. The van der Waals surface area contributed by atoms with Crippen LogP contribution in [-0.2, 0) is 0 Å². The van der Waals surface area contributed by atoms with Crippen LogP contribution in [-0.4, -0.2) is 10.2 Å². The zero-order valence-electron chi connectivity index (χ0n) is 21.1. The third-order valence-corrected chi connectivity index (χ3v) is 8.43. The van der Waals surface area contributed by atoms with Gasteiger partial charge in [-0.3, -0.25) is 0 Å². The van der Waals surface area contributed by atoms with E-state index in [4.69, 9.17) is 0 Å². The SMILES string of the molecule is C=C(O)/C(=C\C(CCC)C(C1=CCC=C(O)C(C(C)C)=CC1C)C1CC2CCC1C2)CC. The topological polar surface area (TPSA) is 40.5 Å².